The molecule has 154 valence electrons. The van der Waals surface area contributed by atoms with Crippen molar-refractivity contribution < 1.29 is 14.3 Å². The predicted molar refractivity (Wildman–Crippen MR) is 115 cm³/mol. The Labute approximate surface area is 173 Å². The topological polar surface area (TPSA) is 58.6 Å². The van der Waals surface area contributed by atoms with Gasteiger partial charge in [-0.2, -0.15) is 0 Å². The Balaban J connectivity index is 1.48. The fraction of sp³-hybridized carbons (Fsp3) is 0.417. The molecule has 2 aromatic rings. The molecule has 0 aliphatic carbocycles. The minimum atomic E-state index is -0.0656. The zero-order valence-corrected chi connectivity index (χ0v) is 17.5. The molecular weight excluding hydrogens is 364 g/mol. The van der Waals surface area contributed by atoms with Crippen LogP contribution in [0.4, 0.5) is 5.69 Å². The normalized spacial score (nSPS) is 14.7. The van der Waals surface area contributed by atoms with E-state index in [9.17, 15) is 9.59 Å². The molecule has 0 spiro atoms. The summed E-state index contributed by atoms with van der Waals surface area (Å²) < 4.78 is 5.62. The smallest absolute Gasteiger partial charge is 0.227 e. The standard InChI is InChI=1S/C24H30N2O3/c1-17(2)29-22-10-8-21(9-11-22)25-24(28)19-12-14-26(15-13-19)23(27)16-20-7-5-4-6-18(20)3/h4-11,17,19H,12-16H2,1-3H3,(H,25,28). The molecule has 1 saturated heterocycles. The van der Waals surface area contributed by atoms with Crippen LogP contribution in [0.3, 0.4) is 0 Å². The molecule has 5 heteroatoms. The van der Waals surface area contributed by atoms with Crippen LogP contribution in [0.1, 0.15) is 37.8 Å². The molecule has 1 aliphatic heterocycles. The summed E-state index contributed by atoms with van der Waals surface area (Å²) in [5, 5.41) is 2.99. The van der Waals surface area contributed by atoms with Crippen LogP contribution >= 0.6 is 0 Å². The Bertz CT molecular complexity index is 837. The highest BCUT2D eigenvalue weighted by Crippen LogP contribution is 2.22. The summed E-state index contributed by atoms with van der Waals surface area (Å²) >= 11 is 0. The van der Waals surface area contributed by atoms with Crippen molar-refractivity contribution in [1.29, 1.82) is 0 Å². The van der Waals surface area contributed by atoms with Crippen LogP contribution in [0.5, 0.6) is 5.75 Å². The van der Waals surface area contributed by atoms with Crippen LogP contribution in [0.2, 0.25) is 0 Å². The number of amides is 2. The molecule has 5 nitrogen and oxygen atoms in total. The molecule has 3 rings (SSSR count). The third-order valence-corrected chi connectivity index (χ3v) is 5.32. The number of likely N-dealkylation sites (tertiary alicyclic amines) is 1. The maximum Gasteiger partial charge on any atom is 0.227 e. The first-order valence-corrected chi connectivity index (χ1v) is 10.3. The Hall–Kier alpha value is -2.82. The highest BCUT2D eigenvalue weighted by molar-refractivity contribution is 5.92. The van der Waals surface area contributed by atoms with Gasteiger partial charge in [-0.05, 0) is 69.0 Å². The van der Waals surface area contributed by atoms with Crippen LogP contribution in [0, 0.1) is 12.8 Å². The van der Waals surface area contributed by atoms with Crippen molar-refractivity contribution in [2.45, 2.75) is 46.1 Å². The summed E-state index contributed by atoms with van der Waals surface area (Å²) in [7, 11) is 0. The van der Waals surface area contributed by atoms with E-state index >= 15 is 0 Å². The van der Waals surface area contributed by atoms with Gasteiger partial charge >= 0.3 is 0 Å². The van der Waals surface area contributed by atoms with E-state index in [0.717, 1.165) is 22.6 Å². The van der Waals surface area contributed by atoms with Gasteiger partial charge in [0.25, 0.3) is 0 Å². The van der Waals surface area contributed by atoms with Gasteiger partial charge in [0.15, 0.2) is 0 Å². The molecule has 1 heterocycles. The summed E-state index contributed by atoms with van der Waals surface area (Å²) in [5.41, 5.74) is 2.98. The van der Waals surface area contributed by atoms with Crippen LogP contribution in [0.15, 0.2) is 48.5 Å². The maximum atomic E-state index is 12.6. The number of nitrogens with zero attached hydrogens (tertiary/aromatic N) is 1. The number of carbonyl (C=O) groups is 2. The second-order valence-electron chi connectivity index (χ2n) is 7.94. The fourth-order valence-electron chi connectivity index (χ4n) is 3.61. The van der Waals surface area contributed by atoms with Crippen molar-refractivity contribution in [3.8, 4) is 5.75 Å². The van der Waals surface area contributed by atoms with Crippen LogP contribution < -0.4 is 10.1 Å². The van der Waals surface area contributed by atoms with Crippen molar-refractivity contribution in [2.24, 2.45) is 5.92 Å². The minimum absolute atomic E-state index is 0.0218. The number of hydrogen-bond donors (Lipinski definition) is 1. The lowest BCUT2D eigenvalue weighted by molar-refractivity contribution is -0.133. The molecule has 0 unspecified atom stereocenters. The van der Waals surface area contributed by atoms with Gasteiger partial charge in [0.1, 0.15) is 5.75 Å². The van der Waals surface area contributed by atoms with E-state index in [2.05, 4.69) is 5.32 Å². The molecule has 29 heavy (non-hydrogen) atoms. The Morgan fingerprint density at radius 3 is 2.34 bits per heavy atom. The molecule has 0 radical (unpaired) electrons. The number of benzene rings is 2. The van der Waals surface area contributed by atoms with Gasteiger partial charge in [-0.25, -0.2) is 0 Å². The molecule has 0 atom stereocenters. The predicted octanol–water partition coefficient (Wildman–Crippen LogP) is 4.20. The first kappa shape index (κ1) is 20.9. The van der Waals surface area contributed by atoms with E-state index in [0.29, 0.717) is 32.4 Å². The van der Waals surface area contributed by atoms with Crippen molar-refractivity contribution in [1.82, 2.24) is 4.90 Å². The molecule has 0 aromatic heterocycles. The molecule has 0 bridgehead atoms. The Morgan fingerprint density at radius 1 is 1.07 bits per heavy atom. The van der Waals surface area contributed by atoms with Gasteiger partial charge in [-0.1, -0.05) is 24.3 Å². The van der Waals surface area contributed by atoms with Gasteiger partial charge in [0.2, 0.25) is 11.8 Å². The highest BCUT2D eigenvalue weighted by atomic mass is 16.5. The van der Waals surface area contributed by atoms with Gasteiger partial charge in [-0.3, -0.25) is 9.59 Å². The first-order valence-electron chi connectivity index (χ1n) is 10.3. The average Bonchev–Trinajstić information content (AvgIpc) is 2.71. The van der Waals surface area contributed by atoms with Crippen molar-refractivity contribution in [2.75, 3.05) is 18.4 Å². The van der Waals surface area contributed by atoms with E-state index in [1.54, 1.807) is 0 Å². The number of ether oxygens (including phenoxy) is 1. The van der Waals surface area contributed by atoms with Crippen LogP contribution in [0.25, 0.3) is 0 Å². The SMILES string of the molecule is Cc1ccccc1CC(=O)N1CCC(C(=O)Nc2ccc(OC(C)C)cc2)CC1. The quantitative estimate of drug-likeness (QED) is 0.799. The van der Waals surface area contributed by atoms with E-state index in [1.807, 2.05) is 74.2 Å². The summed E-state index contributed by atoms with van der Waals surface area (Å²) in [6.07, 6.45) is 1.93. The lowest BCUT2D eigenvalue weighted by atomic mass is 9.95. The second-order valence-corrected chi connectivity index (χ2v) is 7.94. The third-order valence-electron chi connectivity index (χ3n) is 5.32. The van der Waals surface area contributed by atoms with Crippen LogP contribution in [-0.2, 0) is 16.0 Å². The molecule has 0 saturated carbocycles. The Morgan fingerprint density at radius 2 is 1.72 bits per heavy atom. The van der Waals surface area contributed by atoms with E-state index in [-0.39, 0.29) is 23.8 Å². The van der Waals surface area contributed by atoms with Gasteiger partial charge < -0.3 is 15.0 Å². The number of hydrogen-bond acceptors (Lipinski definition) is 3. The van der Waals surface area contributed by atoms with Crippen molar-refractivity contribution in [3.63, 3.8) is 0 Å². The Kier molecular flexibility index (Phi) is 6.91. The molecule has 1 aliphatic rings. The first-order chi connectivity index (χ1) is 13.9. The van der Waals surface area contributed by atoms with E-state index in [4.69, 9.17) is 4.74 Å². The van der Waals surface area contributed by atoms with Crippen LogP contribution in [-0.4, -0.2) is 35.9 Å². The number of rotatable bonds is 6. The average molecular weight is 395 g/mol. The minimum Gasteiger partial charge on any atom is -0.491 e. The number of anilines is 1. The lowest BCUT2D eigenvalue weighted by Crippen LogP contribution is -2.42. The summed E-state index contributed by atoms with van der Waals surface area (Å²) in [6.45, 7) is 7.25. The van der Waals surface area contributed by atoms with Gasteiger partial charge in [-0.15, -0.1) is 0 Å². The fourth-order valence-corrected chi connectivity index (χ4v) is 3.61. The third kappa shape index (κ3) is 5.83. The monoisotopic (exact) mass is 394 g/mol. The molecule has 1 fully saturated rings. The van der Waals surface area contributed by atoms with E-state index < -0.39 is 0 Å². The zero-order chi connectivity index (χ0) is 20.8. The summed E-state index contributed by atoms with van der Waals surface area (Å²) in [4.78, 5) is 27.1. The summed E-state index contributed by atoms with van der Waals surface area (Å²) in [5.74, 6) is 0.884. The summed E-state index contributed by atoms with van der Waals surface area (Å²) in [6, 6.07) is 15.4. The van der Waals surface area contributed by atoms with E-state index in [1.165, 1.54) is 0 Å². The molecule has 2 aromatic carbocycles. The molecule has 2 amide bonds. The van der Waals surface area contributed by atoms with Gasteiger partial charge in [0, 0.05) is 24.7 Å². The van der Waals surface area contributed by atoms with Gasteiger partial charge in [0.05, 0.1) is 12.5 Å². The second kappa shape index (κ2) is 9.59. The number of aryl methyl sites for hydroxylation is 1. The number of piperidine rings is 1. The maximum absolute atomic E-state index is 12.6. The zero-order valence-electron chi connectivity index (χ0n) is 17.5. The largest absolute Gasteiger partial charge is 0.491 e. The highest BCUT2D eigenvalue weighted by Gasteiger charge is 2.27. The molecular formula is C24H30N2O3. The number of carbonyl (C=O) groups excluding carboxylic acids is 2. The lowest BCUT2D eigenvalue weighted by Gasteiger charge is -2.31. The van der Waals surface area contributed by atoms with Crippen molar-refractivity contribution >= 4 is 17.5 Å². The number of nitrogens with one attached hydrogen (secondary N) is 1. The van der Waals surface area contributed by atoms with Crippen molar-refractivity contribution in [3.05, 3.63) is 59.7 Å². The molecule has 1 N–H and O–H groups in total.